The van der Waals surface area contributed by atoms with E-state index in [1.54, 1.807) is 29.2 Å². The molecule has 1 aromatic rings. The van der Waals surface area contributed by atoms with E-state index in [-0.39, 0.29) is 5.91 Å². The average molecular weight is 262 g/mol. The normalized spacial score (nSPS) is 21.8. The minimum absolute atomic E-state index is 0.00882. The topological polar surface area (TPSA) is 64.8 Å². The van der Waals surface area contributed by atoms with E-state index >= 15 is 0 Å². The van der Waals surface area contributed by atoms with Crippen LogP contribution in [0.2, 0.25) is 0 Å². The molecule has 1 amide bonds. The van der Waals surface area contributed by atoms with Crippen molar-refractivity contribution in [2.24, 2.45) is 0 Å². The second-order valence-electron chi connectivity index (χ2n) is 5.06. The molecule has 2 aliphatic rings. The number of nitrogen functional groups attached to an aromatic ring is 1. The van der Waals surface area contributed by atoms with Gasteiger partial charge in [-0.1, -0.05) is 6.07 Å². The van der Waals surface area contributed by atoms with Gasteiger partial charge in [-0.2, -0.15) is 0 Å². The monoisotopic (exact) mass is 262 g/mol. The molecule has 102 valence electrons. The van der Waals surface area contributed by atoms with E-state index in [9.17, 15) is 4.79 Å². The van der Waals surface area contributed by atoms with Crippen molar-refractivity contribution in [3.05, 3.63) is 29.8 Å². The predicted molar refractivity (Wildman–Crippen MR) is 70.6 cm³/mol. The Hall–Kier alpha value is -1.59. The summed E-state index contributed by atoms with van der Waals surface area (Å²) in [5.74, 6) is -0.584. The van der Waals surface area contributed by atoms with Gasteiger partial charge in [-0.3, -0.25) is 4.79 Å². The van der Waals surface area contributed by atoms with E-state index in [0.29, 0.717) is 31.0 Å². The third-order valence-corrected chi connectivity index (χ3v) is 3.65. The Labute approximate surface area is 112 Å². The van der Waals surface area contributed by atoms with Gasteiger partial charge in [-0.25, -0.2) is 0 Å². The quantitative estimate of drug-likeness (QED) is 0.774. The predicted octanol–water partition coefficient (Wildman–Crippen LogP) is 1.25. The van der Waals surface area contributed by atoms with Gasteiger partial charge in [-0.15, -0.1) is 0 Å². The fourth-order valence-corrected chi connectivity index (χ4v) is 2.75. The minimum Gasteiger partial charge on any atom is -0.399 e. The van der Waals surface area contributed by atoms with Gasteiger partial charge in [0.05, 0.1) is 19.8 Å². The maximum Gasteiger partial charge on any atom is 0.254 e. The van der Waals surface area contributed by atoms with Crippen molar-refractivity contribution >= 4 is 11.6 Å². The fourth-order valence-electron chi connectivity index (χ4n) is 2.75. The van der Waals surface area contributed by atoms with Crippen molar-refractivity contribution in [1.82, 2.24) is 4.90 Å². The Morgan fingerprint density at radius 3 is 2.84 bits per heavy atom. The first kappa shape index (κ1) is 12.4. The Morgan fingerprint density at radius 2 is 2.11 bits per heavy atom. The summed E-state index contributed by atoms with van der Waals surface area (Å²) in [5.41, 5.74) is 6.94. The molecule has 2 aliphatic heterocycles. The van der Waals surface area contributed by atoms with Crippen molar-refractivity contribution in [2.75, 3.05) is 32.0 Å². The molecule has 0 aromatic heterocycles. The van der Waals surface area contributed by atoms with Crippen molar-refractivity contribution < 1.29 is 14.3 Å². The van der Waals surface area contributed by atoms with Gasteiger partial charge in [0, 0.05) is 24.2 Å². The number of rotatable bonds is 1. The first-order valence-electron chi connectivity index (χ1n) is 6.61. The molecular formula is C14H18N2O3. The molecule has 1 aromatic carbocycles. The number of likely N-dealkylation sites (tertiary alicyclic amines) is 1. The van der Waals surface area contributed by atoms with Gasteiger partial charge in [0.15, 0.2) is 5.79 Å². The Balaban J connectivity index is 1.76. The summed E-state index contributed by atoms with van der Waals surface area (Å²) < 4.78 is 11.4. The third kappa shape index (κ3) is 2.43. The minimum atomic E-state index is -0.575. The second-order valence-corrected chi connectivity index (χ2v) is 5.06. The van der Waals surface area contributed by atoms with Gasteiger partial charge in [-0.05, 0) is 24.6 Å². The molecular weight excluding hydrogens is 244 g/mol. The highest BCUT2D eigenvalue weighted by molar-refractivity contribution is 5.95. The summed E-state index contributed by atoms with van der Waals surface area (Å²) in [5, 5.41) is 0. The maximum atomic E-state index is 12.5. The number of amides is 1. The van der Waals surface area contributed by atoms with Crippen LogP contribution in [0.15, 0.2) is 24.3 Å². The standard InChI is InChI=1S/C14H18N2O3/c15-12-4-1-3-11(9-12)13(17)16-6-2-5-14(10-16)18-7-8-19-14/h1,3-4,9H,2,5-8,10,15H2. The van der Waals surface area contributed by atoms with Crippen LogP contribution < -0.4 is 5.73 Å². The van der Waals surface area contributed by atoms with Crippen LogP contribution >= 0.6 is 0 Å². The lowest BCUT2D eigenvalue weighted by atomic mass is 10.0. The number of benzene rings is 1. The largest absolute Gasteiger partial charge is 0.399 e. The SMILES string of the molecule is Nc1cccc(C(=O)N2CCCC3(C2)OCCO3)c1. The van der Waals surface area contributed by atoms with Crippen LogP contribution in [-0.4, -0.2) is 42.9 Å². The summed E-state index contributed by atoms with van der Waals surface area (Å²) in [6.07, 6.45) is 1.75. The van der Waals surface area contributed by atoms with Crippen LogP contribution in [0.4, 0.5) is 5.69 Å². The Bertz CT molecular complexity index is 483. The first-order chi connectivity index (χ1) is 9.19. The molecule has 2 fully saturated rings. The number of anilines is 1. The molecule has 0 atom stereocenters. The summed E-state index contributed by atoms with van der Waals surface area (Å²) in [6.45, 7) is 2.46. The molecule has 1 spiro atoms. The van der Waals surface area contributed by atoms with Crippen LogP contribution in [0.1, 0.15) is 23.2 Å². The number of carbonyl (C=O) groups excluding carboxylic acids is 1. The number of ether oxygens (including phenoxy) is 2. The number of hydrogen-bond donors (Lipinski definition) is 1. The lowest BCUT2D eigenvalue weighted by molar-refractivity contribution is -0.183. The highest BCUT2D eigenvalue weighted by Gasteiger charge is 2.42. The zero-order valence-corrected chi connectivity index (χ0v) is 10.8. The number of piperidine rings is 1. The van der Waals surface area contributed by atoms with Gasteiger partial charge in [0.1, 0.15) is 0 Å². The molecule has 0 aliphatic carbocycles. The first-order valence-corrected chi connectivity index (χ1v) is 6.61. The molecule has 2 N–H and O–H groups in total. The molecule has 0 saturated carbocycles. The van der Waals surface area contributed by atoms with Gasteiger partial charge in [0.2, 0.25) is 0 Å². The van der Waals surface area contributed by atoms with Crippen LogP contribution in [-0.2, 0) is 9.47 Å². The van der Waals surface area contributed by atoms with E-state index in [1.807, 2.05) is 0 Å². The molecule has 5 heteroatoms. The van der Waals surface area contributed by atoms with E-state index < -0.39 is 5.79 Å². The van der Waals surface area contributed by atoms with Crippen LogP contribution in [0.3, 0.4) is 0 Å². The highest BCUT2D eigenvalue weighted by Crippen LogP contribution is 2.30. The molecule has 2 saturated heterocycles. The van der Waals surface area contributed by atoms with E-state index in [1.165, 1.54) is 0 Å². The lowest BCUT2D eigenvalue weighted by Gasteiger charge is -2.38. The zero-order valence-electron chi connectivity index (χ0n) is 10.8. The van der Waals surface area contributed by atoms with Crippen molar-refractivity contribution in [1.29, 1.82) is 0 Å². The average Bonchev–Trinajstić information content (AvgIpc) is 2.86. The number of hydrogen-bond acceptors (Lipinski definition) is 4. The van der Waals surface area contributed by atoms with Crippen molar-refractivity contribution in [3.8, 4) is 0 Å². The summed E-state index contributed by atoms with van der Waals surface area (Å²) in [7, 11) is 0. The highest BCUT2D eigenvalue weighted by atomic mass is 16.7. The van der Waals surface area contributed by atoms with Gasteiger partial charge < -0.3 is 20.1 Å². The van der Waals surface area contributed by atoms with E-state index in [0.717, 1.165) is 19.4 Å². The summed E-state index contributed by atoms with van der Waals surface area (Å²) in [6, 6.07) is 7.07. The van der Waals surface area contributed by atoms with Crippen LogP contribution in [0.25, 0.3) is 0 Å². The van der Waals surface area contributed by atoms with E-state index in [2.05, 4.69) is 0 Å². The van der Waals surface area contributed by atoms with Crippen LogP contribution in [0, 0.1) is 0 Å². The van der Waals surface area contributed by atoms with Crippen molar-refractivity contribution in [2.45, 2.75) is 18.6 Å². The summed E-state index contributed by atoms with van der Waals surface area (Å²) >= 11 is 0. The van der Waals surface area contributed by atoms with Crippen molar-refractivity contribution in [3.63, 3.8) is 0 Å². The molecule has 0 radical (unpaired) electrons. The van der Waals surface area contributed by atoms with Crippen LogP contribution in [0.5, 0.6) is 0 Å². The lowest BCUT2D eigenvalue weighted by Crippen LogP contribution is -2.51. The molecule has 5 nitrogen and oxygen atoms in total. The molecule has 19 heavy (non-hydrogen) atoms. The molecule has 3 rings (SSSR count). The number of nitrogens with zero attached hydrogens (tertiary/aromatic N) is 1. The molecule has 2 heterocycles. The Kier molecular flexibility index (Phi) is 3.16. The zero-order chi connectivity index (χ0) is 13.3. The van der Waals surface area contributed by atoms with Gasteiger partial charge >= 0.3 is 0 Å². The summed E-state index contributed by atoms with van der Waals surface area (Å²) in [4.78, 5) is 14.2. The second kappa shape index (κ2) is 4.83. The maximum absolute atomic E-state index is 12.5. The number of carbonyl (C=O) groups is 1. The Morgan fingerprint density at radius 1 is 1.32 bits per heavy atom. The molecule has 0 bridgehead atoms. The smallest absolute Gasteiger partial charge is 0.254 e. The third-order valence-electron chi connectivity index (χ3n) is 3.65. The fraction of sp³-hybridized carbons (Fsp3) is 0.500. The van der Waals surface area contributed by atoms with E-state index in [4.69, 9.17) is 15.2 Å². The van der Waals surface area contributed by atoms with Gasteiger partial charge in [0.25, 0.3) is 5.91 Å². The molecule has 0 unspecified atom stereocenters. The number of nitrogens with two attached hydrogens (primary N) is 1.